The van der Waals surface area contributed by atoms with E-state index in [0.29, 0.717) is 30.9 Å². The van der Waals surface area contributed by atoms with Gasteiger partial charge in [0.1, 0.15) is 0 Å². The summed E-state index contributed by atoms with van der Waals surface area (Å²) in [5, 5.41) is 5.72. The van der Waals surface area contributed by atoms with Crippen molar-refractivity contribution in [1.82, 2.24) is 9.47 Å². The third-order valence-corrected chi connectivity index (χ3v) is 6.43. The molecule has 2 atom stereocenters. The van der Waals surface area contributed by atoms with Crippen molar-refractivity contribution in [1.29, 1.82) is 0 Å². The molecule has 2 bridgehead atoms. The van der Waals surface area contributed by atoms with Crippen molar-refractivity contribution >= 4 is 23.3 Å². The predicted octanol–water partition coefficient (Wildman–Crippen LogP) is 4.12. The van der Waals surface area contributed by atoms with E-state index in [1.54, 1.807) is 12.1 Å². The van der Waals surface area contributed by atoms with Crippen molar-refractivity contribution in [3.63, 3.8) is 0 Å². The van der Waals surface area contributed by atoms with E-state index in [0.717, 1.165) is 23.4 Å². The summed E-state index contributed by atoms with van der Waals surface area (Å²) < 4.78 is 1.89. The lowest BCUT2D eigenvalue weighted by Crippen LogP contribution is -2.50. The Morgan fingerprint density at radius 3 is 2.30 bits per heavy atom. The van der Waals surface area contributed by atoms with Crippen LogP contribution in [0.25, 0.3) is 11.1 Å². The quantitative estimate of drug-likeness (QED) is 0.640. The summed E-state index contributed by atoms with van der Waals surface area (Å²) >= 11 is 0. The van der Waals surface area contributed by atoms with Crippen LogP contribution in [0.1, 0.15) is 25.0 Å². The van der Waals surface area contributed by atoms with Crippen LogP contribution in [0.4, 0.5) is 16.2 Å². The Morgan fingerprint density at radius 1 is 0.848 bits per heavy atom. The zero-order valence-electron chi connectivity index (χ0n) is 18.5. The molecule has 2 aliphatic heterocycles. The second-order valence-corrected chi connectivity index (χ2v) is 8.85. The summed E-state index contributed by atoms with van der Waals surface area (Å²) in [6.07, 6.45) is 0.985. The number of benzene rings is 2. The van der Waals surface area contributed by atoms with Crippen molar-refractivity contribution in [2.45, 2.75) is 25.8 Å². The van der Waals surface area contributed by atoms with Crippen LogP contribution < -0.4 is 16.2 Å². The minimum atomic E-state index is -0.130. The maximum Gasteiger partial charge on any atom is 0.321 e. The van der Waals surface area contributed by atoms with Gasteiger partial charge in [0.05, 0.1) is 0 Å². The van der Waals surface area contributed by atoms with Crippen molar-refractivity contribution in [3.05, 3.63) is 82.8 Å². The Balaban J connectivity index is 1.37. The smallest absolute Gasteiger partial charge is 0.321 e. The van der Waals surface area contributed by atoms with Gasteiger partial charge in [-0.05, 0) is 54.3 Å². The van der Waals surface area contributed by atoms with Gasteiger partial charge in [-0.2, -0.15) is 0 Å². The second kappa shape index (κ2) is 8.58. The lowest BCUT2D eigenvalue weighted by Gasteiger charge is -2.42. The standard InChI is InChI=1S/C26H26N4O3/c1-17(31)27-22-9-7-19(8-10-22)23-11-12-24-20-13-18(15-30(24)25(23)32)14-29(16-20)26(33)28-21-5-3-2-4-6-21/h2-12,18,20H,13-16H2,1H3,(H,27,31)(H,28,33). The molecule has 5 rings (SSSR count). The van der Waals surface area contributed by atoms with Crippen LogP contribution in [-0.2, 0) is 11.3 Å². The number of rotatable bonds is 3. The SMILES string of the molecule is CC(=O)Nc1ccc(-c2ccc3n(c2=O)CC2CC3CN(C(=O)Nc3ccccc3)C2)cc1. The van der Waals surface area contributed by atoms with E-state index in [2.05, 4.69) is 10.6 Å². The fraction of sp³-hybridized carbons (Fsp3) is 0.269. The maximum atomic E-state index is 13.4. The van der Waals surface area contributed by atoms with Crippen molar-refractivity contribution in [3.8, 4) is 11.1 Å². The molecule has 7 heteroatoms. The molecular weight excluding hydrogens is 416 g/mol. The Hall–Kier alpha value is -3.87. The third kappa shape index (κ3) is 4.26. The van der Waals surface area contributed by atoms with E-state index >= 15 is 0 Å². The summed E-state index contributed by atoms with van der Waals surface area (Å²) in [7, 11) is 0. The van der Waals surface area contributed by atoms with Crippen molar-refractivity contribution in [2.24, 2.45) is 5.92 Å². The highest BCUT2D eigenvalue weighted by Crippen LogP contribution is 2.36. The average molecular weight is 443 g/mol. The van der Waals surface area contributed by atoms with Gasteiger partial charge < -0.3 is 20.1 Å². The molecule has 3 heterocycles. The van der Waals surface area contributed by atoms with Crippen LogP contribution in [0.2, 0.25) is 0 Å². The van der Waals surface area contributed by atoms with Gasteiger partial charge in [0.2, 0.25) is 5.91 Å². The molecule has 0 saturated carbocycles. The molecule has 1 fully saturated rings. The Labute approximate surface area is 192 Å². The number of piperidine rings is 1. The zero-order chi connectivity index (χ0) is 22.9. The first-order chi connectivity index (χ1) is 16.0. The number of hydrogen-bond donors (Lipinski definition) is 2. The number of nitrogens with one attached hydrogen (secondary N) is 2. The van der Waals surface area contributed by atoms with Crippen LogP contribution in [0.3, 0.4) is 0 Å². The first kappa shape index (κ1) is 21.0. The normalized spacial score (nSPS) is 18.9. The first-order valence-corrected chi connectivity index (χ1v) is 11.2. The highest BCUT2D eigenvalue weighted by Gasteiger charge is 2.36. The van der Waals surface area contributed by atoms with E-state index in [-0.39, 0.29) is 29.3 Å². The van der Waals surface area contributed by atoms with E-state index < -0.39 is 0 Å². The molecule has 7 nitrogen and oxygen atoms in total. The second-order valence-electron chi connectivity index (χ2n) is 8.85. The molecule has 0 spiro atoms. The number of amides is 3. The largest absolute Gasteiger partial charge is 0.326 e. The summed E-state index contributed by atoms with van der Waals surface area (Å²) in [4.78, 5) is 39.3. The van der Waals surface area contributed by atoms with E-state index in [1.165, 1.54) is 6.92 Å². The van der Waals surface area contributed by atoms with E-state index in [9.17, 15) is 14.4 Å². The fourth-order valence-electron chi connectivity index (χ4n) is 4.99. The third-order valence-electron chi connectivity index (χ3n) is 6.43. The van der Waals surface area contributed by atoms with Gasteiger partial charge in [0.15, 0.2) is 0 Å². The average Bonchev–Trinajstić information content (AvgIpc) is 2.81. The summed E-state index contributed by atoms with van der Waals surface area (Å²) in [5.41, 5.74) is 3.94. The van der Waals surface area contributed by atoms with Crippen LogP contribution in [0.5, 0.6) is 0 Å². The molecule has 3 amide bonds. The number of para-hydroxylation sites is 1. The molecule has 3 aromatic rings. The molecule has 0 radical (unpaired) electrons. The predicted molar refractivity (Wildman–Crippen MR) is 128 cm³/mol. The number of carbonyl (C=O) groups excluding carboxylic acids is 2. The lowest BCUT2D eigenvalue weighted by molar-refractivity contribution is -0.114. The number of anilines is 2. The molecule has 168 valence electrons. The minimum Gasteiger partial charge on any atom is -0.326 e. The van der Waals surface area contributed by atoms with Crippen LogP contribution >= 0.6 is 0 Å². The Kier molecular flexibility index (Phi) is 5.46. The molecular formula is C26H26N4O3. The van der Waals surface area contributed by atoms with Gasteiger partial charge in [0.25, 0.3) is 5.56 Å². The molecule has 33 heavy (non-hydrogen) atoms. The van der Waals surface area contributed by atoms with Crippen molar-refractivity contribution < 1.29 is 9.59 Å². The number of pyridine rings is 1. The summed E-state index contributed by atoms with van der Waals surface area (Å²) in [5.74, 6) is 0.255. The van der Waals surface area contributed by atoms with Crippen LogP contribution in [0.15, 0.2) is 71.5 Å². The number of fused-ring (bicyclic) bond motifs is 4. The van der Waals surface area contributed by atoms with Crippen LogP contribution in [-0.4, -0.2) is 34.5 Å². The number of hydrogen-bond acceptors (Lipinski definition) is 3. The topological polar surface area (TPSA) is 83.4 Å². The van der Waals surface area contributed by atoms with Gasteiger partial charge in [0, 0.05) is 55.1 Å². The molecule has 0 aliphatic carbocycles. The molecule has 2 unspecified atom stereocenters. The van der Waals surface area contributed by atoms with Gasteiger partial charge in [-0.1, -0.05) is 30.3 Å². The van der Waals surface area contributed by atoms with E-state index in [1.807, 2.05) is 64.1 Å². The van der Waals surface area contributed by atoms with Gasteiger partial charge >= 0.3 is 6.03 Å². The Morgan fingerprint density at radius 2 is 1.58 bits per heavy atom. The number of urea groups is 1. The van der Waals surface area contributed by atoms with Gasteiger partial charge in [-0.25, -0.2) is 4.79 Å². The molecule has 1 aromatic heterocycles. The number of aromatic nitrogens is 1. The van der Waals surface area contributed by atoms with Crippen LogP contribution in [0, 0.1) is 5.92 Å². The monoisotopic (exact) mass is 442 g/mol. The maximum absolute atomic E-state index is 13.4. The van der Waals surface area contributed by atoms with Crippen molar-refractivity contribution in [2.75, 3.05) is 23.7 Å². The fourth-order valence-corrected chi connectivity index (χ4v) is 4.99. The lowest BCUT2D eigenvalue weighted by atomic mass is 9.83. The Bertz CT molecular complexity index is 1250. The molecule has 2 aliphatic rings. The van der Waals surface area contributed by atoms with E-state index in [4.69, 9.17) is 0 Å². The first-order valence-electron chi connectivity index (χ1n) is 11.2. The van der Waals surface area contributed by atoms with Gasteiger partial charge in [-0.15, -0.1) is 0 Å². The number of carbonyl (C=O) groups is 2. The highest BCUT2D eigenvalue weighted by molar-refractivity contribution is 5.89. The summed E-state index contributed by atoms with van der Waals surface area (Å²) in [6.45, 7) is 3.31. The van der Waals surface area contributed by atoms with Gasteiger partial charge in [-0.3, -0.25) is 9.59 Å². The number of likely N-dealkylation sites (tertiary alicyclic amines) is 1. The number of nitrogens with zero attached hydrogens (tertiary/aromatic N) is 2. The zero-order valence-corrected chi connectivity index (χ0v) is 18.5. The molecule has 1 saturated heterocycles. The minimum absolute atomic E-state index is 0.00309. The highest BCUT2D eigenvalue weighted by atomic mass is 16.2. The summed E-state index contributed by atoms with van der Waals surface area (Å²) in [6, 6.07) is 20.6. The molecule has 2 aromatic carbocycles. The molecule has 2 N–H and O–H groups in total.